The zero-order chi connectivity index (χ0) is 11.1. The van der Waals surface area contributed by atoms with E-state index in [0.717, 1.165) is 25.7 Å². The molecule has 2 aliphatic rings. The number of carbonyl (C=O) groups excluding carboxylic acids is 1. The topological polar surface area (TPSA) is 37.3 Å². The fourth-order valence-corrected chi connectivity index (χ4v) is 3.52. The normalized spacial score (nSPS) is 45.2. The molecule has 1 N–H and O–H groups in total. The highest BCUT2D eigenvalue weighted by Crippen LogP contribution is 2.49. The summed E-state index contributed by atoms with van der Waals surface area (Å²) in [6.07, 6.45) is 6.04. The molecule has 4 atom stereocenters. The minimum Gasteiger partial charge on any atom is -0.389 e. The molecule has 0 amide bonds. The van der Waals surface area contributed by atoms with Gasteiger partial charge in [-0.2, -0.15) is 0 Å². The van der Waals surface area contributed by atoms with Crippen LogP contribution < -0.4 is 0 Å². The van der Waals surface area contributed by atoms with Crippen LogP contribution in [0.2, 0.25) is 0 Å². The van der Waals surface area contributed by atoms with E-state index in [1.165, 1.54) is 0 Å². The van der Waals surface area contributed by atoms with Crippen molar-refractivity contribution in [1.82, 2.24) is 0 Å². The molecule has 0 aromatic heterocycles. The molecular weight excluding hydrogens is 188 g/mol. The number of hydrogen-bond acceptors (Lipinski definition) is 2. The van der Waals surface area contributed by atoms with Gasteiger partial charge in [0.1, 0.15) is 5.78 Å². The van der Waals surface area contributed by atoms with Crippen LogP contribution in [0.4, 0.5) is 0 Å². The third-order valence-corrected chi connectivity index (χ3v) is 4.41. The summed E-state index contributed by atoms with van der Waals surface area (Å²) in [4.78, 5) is 11.8. The fraction of sp³-hybridized carbons (Fsp3) is 0.769. The van der Waals surface area contributed by atoms with Gasteiger partial charge in [0.05, 0.1) is 5.60 Å². The molecular formula is C13H20O2. The average molecular weight is 208 g/mol. The zero-order valence-corrected chi connectivity index (χ0v) is 9.41. The maximum Gasteiger partial charge on any atom is 0.138 e. The molecule has 0 heterocycles. The molecule has 0 unspecified atom stereocenters. The minimum atomic E-state index is -0.722. The summed E-state index contributed by atoms with van der Waals surface area (Å²) in [5.41, 5.74) is -0.722. The van der Waals surface area contributed by atoms with Gasteiger partial charge >= 0.3 is 0 Å². The predicted molar refractivity (Wildman–Crippen MR) is 59.4 cm³/mol. The SMILES string of the molecule is C=CC[C@@H]1[C@H]2CCC[C@]1(O)CC(=O)[C@@H]2C. The van der Waals surface area contributed by atoms with Crippen molar-refractivity contribution < 1.29 is 9.90 Å². The van der Waals surface area contributed by atoms with Gasteiger partial charge in [-0.15, -0.1) is 6.58 Å². The highest BCUT2D eigenvalue weighted by molar-refractivity contribution is 5.83. The van der Waals surface area contributed by atoms with Gasteiger partial charge in [0.15, 0.2) is 0 Å². The van der Waals surface area contributed by atoms with Crippen molar-refractivity contribution in [2.45, 2.75) is 44.6 Å². The Morgan fingerprint density at radius 1 is 1.67 bits per heavy atom. The van der Waals surface area contributed by atoms with E-state index in [1.54, 1.807) is 0 Å². The molecule has 0 radical (unpaired) electrons. The van der Waals surface area contributed by atoms with Gasteiger partial charge in [-0.25, -0.2) is 0 Å². The Bertz CT molecular complexity index is 284. The molecule has 2 saturated carbocycles. The van der Waals surface area contributed by atoms with Crippen molar-refractivity contribution >= 4 is 5.78 Å². The number of carbonyl (C=O) groups is 1. The quantitative estimate of drug-likeness (QED) is 0.707. The Balaban J connectivity index is 2.28. The lowest BCUT2D eigenvalue weighted by Crippen LogP contribution is -2.54. The van der Waals surface area contributed by atoms with Crippen LogP contribution in [-0.4, -0.2) is 16.5 Å². The second-order valence-corrected chi connectivity index (χ2v) is 5.22. The lowest BCUT2D eigenvalue weighted by molar-refractivity contribution is -0.155. The molecule has 2 bridgehead atoms. The van der Waals surface area contributed by atoms with E-state index in [0.29, 0.717) is 12.3 Å². The monoisotopic (exact) mass is 208 g/mol. The number of Topliss-reactive ketones (excluding diaryl/α,β-unsaturated/α-hetero) is 1. The molecule has 0 aromatic rings. The van der Waals surface area contributed by atoms with Crippen molar-refractivity contribution in [1.29, 1.82) is 0 Å². The summed E-state index contributed by atoms with van der Waals surface area (Å²) in [6.45, 7) is 5.78. The summed E-state index contributed by atoms with van der Waals surface area (Å²) in [5.74, 6) is 1.03. The van der Waals surface area contributed by atoms with E-state index in [-0.39, 0.29) is 17.6 Å². The van der Waals surface area contributed by atoms with E-state index in [9.17, 15) is 9.90 Å². The first-order valence-corrected chi connectivity index (χ1v) is 5.94. The van der Waals surface area contributed by atoms with Crippen LogP contribution in [0.3, 0.4) is 0 Å². The van der Waals surface area contributed by atoms with Gasteiger partial charge in [-0.05, 0) is 31.1 Å². The summed E-state index contributed by atoms with van der Waals surface area (Å²) >= 11 is 0. The third-order valence-electron chi connectivity index (χ3n) is 4.41. The van der Waals surface area contributed by atoms with Gasteiger partial charge in [0.25, 0.3) is 0 Å². The average Bonchev–Trinajstić information content (AvgIpc) is 2.18. The molecule has 2 rings (SSSR count). The standard InChI is InChI=1S/C13H20O2/c1-3-5-11-10-6-4-7-13(11,15)8-12(14)9(10)2/h3,9-11,15H,1,4-8H2,2H3/t9-,10+,11-,13+/m1/s1. The predicted octanol–water partition coefficient (Wildman–Crippen LogP) is 2.32. The second kappa shape index (κ2) is 3.75. The maximum atomic E-state index is 11.8. The number of aliphatic hydroxyl groups is 1. The first kappa shape index (κ1) is 10.9. The van der Waals surface area contributed by atoms with Gasteiger partial charge in [-0.3, -0.25) is 4.79 Å². The number of hydrogen-bond donors (Lipinski definition) is 1. The first-order chi connectivity index (χ1) is 7.08. The summed E-state index contributed by atoms with van der Waals surface area (Å²) < 4.78 is 0. The van der Waals surface area contributed by atoms with Crippen molar-refractivity contribution in [3.8, 4) is 0 Å². The van der Waals surface area contributed by atoms with E-state index < -0.39 is 5.60 Å². The van der Waals surface area contributed by atoms with E-state index in [1.807, 2.05) is 13.0 Å². The highest BCUT2D eigenvalue weighted by atomic mass is 16.3. The molecule has 2 aliphatic carbocycles. The van der Waals surface area contributed by atoms with Crippen LogP contribution in [0.25, 0.3) is 0 Å². The lowest BCUT2D eigenvalue weighted by Gasteiger charge is -2.50. The van der Waals surface area contributed by atoms with Crippen LogP contribution in [0.15, 0.2) is 12.7 Å². The van der Waals surface area contributed by atoms with E-state index >= 15 is 0 Å². The van der Waals surface area contributed by atoms with Crippen LogP contribution in [-0.2, 0) is 4.79 Å². The largest absolute Gasteiger partial charge is 0.389 e. The van der Waals surface area contributed by atoms with Gasteiger partial charge in [-0.1, -0.05) is 19.4 Å². The summed E-state index contributed by atoms with van der Waals surface area (Å²) in [6, 6.07) is 0. The van der Waals surface area contributed by atoms with Crippen molar-refractivity contribution in [3.63, 3.8) is 0 Å². The van der Waals surface area contributed by atoms with Crippen molar-refractivity contribution in [2.24, 2.45) is 17.8 Å². The summed E-state index contributed by atoms with van der Waals surface area (Å²) in [7, 11) is 0. The van der Waals surface area contributed by atoms with Gasteiger partial charge in [0, 0.05) is 12.3 Å². The zero-order valence-electron chi connectivity index (χ0n) is 9.41. The molecule has 0 aliphatic heterocycles. The number of ketones is 1. The van der Waals surface area contributed by atoms with Crippen LogP contribution >= 0.6 is 0 Å². The molecule has 0 saturated heterocycles. The van der Waals surface area contributed by atoms with Crippen LogP contribution in [0, 0.1) is 17.8 Å². The Morgan fingerprint density at radius 2 is 2.40 bits per heavy atom. The number of allylic oxidation sites excluding steroid dienone is 1. The molecule has 0 spiro atoms. The molecule has 2 fully saturated rings. The Hall–Kier alpha value is -0.630. The Kier molecular flexibility index (Phi) is 2.72. The Labute approximate surface area is 91.4 Å². The summed E-state index contributed by atoms with van der Waals surface area (Å²) in [5, 5.41) is 10.5. The van der Waals surface area contributed by atoms with Crippen molar-refractivity contribution in [2.75, 3.05) is 0 Å². The van der Waals surface area contributed by atoms with E-state index in [2.05, 4.69) is 6.58 Å². The van der Waals surface area contributed by atoms with Gasteiger partial charge < -0.3 is 5.11 Å². The highest BCUT2D eigenvalue weighted by Gasteiger charge is 2.51. The second-order valence-electron chi connectivity index (χ2n) is 5.22. The van der Waals surface area contributed by atoms with Crippen LogP contribution in [0.1, 0.15) is 39.0 Å². The first-order valence-electron chi connectivity index (χ1n) is 5.94. The smallest absolute Gasteiger partial charge is 0.138 e. The van der Waals surface area contributed by atoms with Crippen LogP contribution in [0.5, 0.6) is 0 Å². The van der Waals surface area contributed by atoms with E-state index in [4.69, 9.17) is 0 Å². The molecule has 2 heteroatoms. The number of fused-ring (bicyclic) bond motifs is 2. The Morgan fingerprint density at radius 3 is 3.07 bits per heavy atom. The third kappa shape index (κ3) is 1.65. The molecule has 2 nitrogen and oxygen atoms in total. The van der Waals surface area contributed by atoms with Gasteiger partial charge in [0.2, 0.25) is 0 Å². The minimum absolute atomic E-state index is 0.135. The molecule has 0 aromatic carbocycles. The lowest BCUT2D eigenvalue weighted by atomic mass is 9.57. The molecule has 84 valence electrons. The number of rotatable bonds is 2. The molecule has 15 heavy (non-hydrogen) atoms. The fourth-order valence-electron chi connectivity index (χ4n) is 3.52. The maximum absolute atomic E-state index is 11.8. The van der Waals surface area contributed by atoms with Crippen molar-refractivity contribution in [3.05, 3.63) is 12.7 Å².